The molecule has 2 amide bonds. The maximum absolute atomic E-state index is 13.0. The lowest BCUT2D eigenvalue weighted by Crippen LogP contribution is -2.40. The fraction of sp³-hybridized carbons (Fsp3) is 0.423. The number of methoxy groups -OCH3 is 1. The number of hydrogen-bond acceptors (Lipinski definition) is 6. The SMILES string of the molecule is COCCN1CCC(NC(=O)Nc2c(C)c(-c3cnc4c(c3)CN(C)C4)nn2-c2ccccc2)C1. The monoisotopic (exact) mass is 475 g/mol. The zero-order valence-corrected chi connectivity index (χ0v) is 20.6. The Kier molecular flexibility index (Phi) is 6.81. The minimum Gasteiger partial charge on any atom is -0.383 e. The number of aromatic nitrogens is 3. The van der Waals surface area contributed by atoms with E-state index in [1.54, 1.807) is 7.11 Å². The normalized spacial score (nSPS) is 18.1. The van der Waals surface area contributed by atoms with Crippen LogP contribution in [0.2, 0.25) is 0 Å². The standard InChI is InChI=1S/C26H33N7O2/c1-18-24(19-13-20-15-31(2)17-23(20)27-14-19)30-33(22-7-5-4-6-8-22)25(18)29-26(34)28-21-9-10-32(16-21)11-12-35-3/h4-8,13-14,21H,9-12,15-17H2,1-3H3,(H2,28,29,34). The summed E-state index contributed by atoms with van der Waals surface area (Å²) in [6, 6.07) is 11.9. The van der Waals surface area contributed by atoms with Gasteiger partial charge in [0, 0.05) is 63.2 Å². The summed E-state index contributed by atoms with van der Waals surface area (Å²) >= 11 is 0. The quantitative estimate of drug-likeness (QED) is 0.546. The van der Waals surface area contributed by atoms with E-state index in [1.807, 2.05) is 48.1 Å². The van der Waals surface area contributed by atoms with Crippen LogP contribution in [0.15, 0.2) is 42.6 Å². The lowest BCUT2D eigenvalue weighted by atomic mass is 10.1. The number of hydrogen-bond donors (Lipinski definition) is 2. The summed E-state index contributed by atoms with van der Waals surface area (Å²) in [5.41, 5.74) is 5.91. The third kappa shape index (κ3) is 5.07. The molecule has 1 fully saturated rings. The second-order valence-electron chi connectivity index (χ2n) is 9.45. The van der Waals surface area contributed by atoms with E-state index in [2.05, 4.69) is 33.5 Å². The van der Waals surface area contributed by atoms with E-state index >= 15 is 0 Å². The van der Waals surface area contributed by atoms with Crippen LogP contribution in [-0.2, 0) is 17.8 Å². The Morgan fingerprint density at radius 1 is 1.23 bits per heavy atom. The first kappa shape index (κ1) is 23.5. The second kappa shape index (κ2) is 10.2. The van der Waals surface area contributed by atoms with Gasteiger partial charge in [-0.3, -0.25) is 20.1 Å². The highest BCUT2D eigenvalue weighted by Gasteiger charge is 2.26. The molecule has 5 rings (SSSR count). The number of para-hydroxylation sites is 1. The molecule has 9 nitrogen and oxygen atoms in total. The Labute approximate surface area is 206 Å². The topological polar surface area (TPSA) is 87.6 Å². The van der Waals surface area contributed by atoms with Crippen LogP contribution in [0.5, 0.6) is 0 Å². The van der Waals surface area contributed by atoms with Crippen LogP contribution in [0.4, 0.5) is 10.6 Å². The van der Waals surface area contributed by atoms with Gasteiger partial charge in [-0.15, -0.1) is 0 Å². The number of urea groups is 1. The van der Waals surface area contributed by atoms with Gasteiger partial charge in [0.25, 0.3) is 0 Å². The van der Waals surface area contributed by atoms with Crippen molar-refractivity contribution in [2.75, 3.05) is 45.7 Å². The van der Waals surface area contributed by atoms with E-state index in [4.69, 9.17) is 14.8 Å². The molecule has 0 saturated carbocycles. The van der Waals surface area contributed by atoms with Crippen molar-refractivity contribution in [1.29, 1.82) is 0 Å². The number of amides is 2. The van der Waals surface area contributed by atoms with Crippen LogP contribution in [-0.4, -0.2) is 77.0 Å². The molecular formula is C26H33N7O2. The van der Waals surface area contributed by atoms with Gasteiger partial charge in [-0.2, -0.15) is 5.10 Å². The Morgan fingerprint density at radius 2 is 2.06 bits per heavy atom. The Balaban J connectivity index is 1.39. The van der Waals surface area contributed by atoms with Crippen molar-refractivity contribution >= 4 is 11.8 Å². The summed E-state index contributed by atoms with van der Waals surface area (Å²) in [5, 5.41) is 11.2. The predicted octanol–water partition coefficient (Wildman–Crippen LogP) is 3.03. The smallest absolute Gasteiger partial charge is 0.320 e. The van der Waals surface area contributed by atoms with Gasteiger partial charge < -0.3 is 10.1 Å². The molecule has 1 aromatic carbocycles. The zero-order valence-electron chi connectivity index (χ0n) is 20.6. The average Bonchev–Trinajstić information content (AvgIpc) is 3.55. The molecule has 184 valence electrons. The number of likely N-dealkylation sites (tertiary alicyclic amines) is 1. The molecular weight excluding hydrogens is 442 g/mol. The fourth-order valence-electron chi connectivity index (χ4n) is 4.93. The Morgan fingerprint density at radius 3 is 2.86 bits per heavy atom. The minimum absolute atomic E-state index is 0.109. The number of nitrogens with one attached hydrogen (secondary N) is 2. The summed E-state index contributed by atoms with van der Waals surface area (Å²) in [6.07, 6.45) is 2.81. The van der Waals surface area contributed by atoms with Gasteiger partial charge in [-0.25, -0.2) is 9.48 Å². The molecule has 9 heteroatoms. The summed E-state index contributed by atoms with van der Waals surface area (Å²) < 4.78 is 6.99. The Bertz CT molecular complexity index is 1190. The lowest BCUT2D eigenvalue weighted by molar-refractivity contribution is 0.160. The van der Waals surface area contributed by atoms with E-state index in [0.717, 1.165) is 67.3 Å². The number of rotatable bonds is 7. The molecule has 35 heavy (non-hydrogen) atoms. The highest BCUT2D eigenvalue weighted by atomic mass is 16.5. The van der Waals surface area contributed by atoms with Crippen molar-refractivity contribution in [3.05, 3.63) is 59.4 Å². The summed E-state index contributed by atoms with van der Waals surface area (Å²) in [6.45, 7) is 7.11. The van der Waals surface area contributed by atoms with Gasteiger partial charge in [0.1, 0.15) is 5.82 Å². The average molecular weight is 476 g/mol. The van der Waals surface area contributed by atoms with Crippen LogP contribution in [0.1, 0.15) is 23.2 Å². The van der Waals surface area contributed by atoms with Crippen molar-refractivity contribution in [2.45, 2.75) is 32.5 Å². The second-order valence-corrected chi connectivity index (χ2v) is 9.45. The van der Waals surface area contributed by atoms with Crippen molar-refractivity contribution in [3.8, 4) is 16.9 Å². The van der Waals surface area contributed by atoms with Crippen LogP contribution >= 0.6 is 0 Å². The number of anilines is 1. The van der Waals surface area contributed by atoms with E-state index in [0.29, 0.717) is 12.4 Å². The minimum atomic E-state index is -0.218. The van der Waals surface area contributed by atoms with Gasteiger partial charge >= 0.3 is 6.03 Å². The van der Waals surface area contributed by atoms with Gasteiger partial charge in [0.15, 0.2) is 0 Å². The summed E-state index contributed by atoms with van der Waals surface area (Å²) in [7, 11) is 3.81. The van der Waals surface area contributed by atoms with Gasteiger partial charge in [-0.05, 0) is 44.2 Å². The Hall–Kier alpha value is -3.27. The molecule has 1 saturated heterocycles. The highest BCUT2D eigenvalue weighted by Crippen LogP contribution is 2.32. The number of fused-ring (bicyclic) bond motifs is 1. The first-order valence-electron chi connectivity index (χ1n) is 12.1. The van der Waals surface area contributed by atoms with Gasteiger partial charge in [0.2, 0.25) is 0 Å². The summed E-state index contributed by atoms with van der Waals surface area (Å²) in [4.78, 5) is 22.3. The molecule has 0 aliphatic carbocycles. The van der Waals surface area contributed by atoms with Crippen LogP contribution < -0.4 is 10.6 Å². The lowest BCUT2D eigenvalue weighted by Gasteiger charge is -2.17. The van der Waals surface area contributed by atoms with Crippen LogP contribution in [0.3, 0.4) is 0 Å². The third-order valence-electron chi connectivity index (χ3n) is 6.77. The van der Waals surface area contributed by atoms with Crippen molar-refractivity contribution in [2.24, 2.45) is 0 Å². The molecule has 0 bridgehead atoms. The maximum atomic E-state index is 13.0. The number of carbonyl (C=O) groups excluding carboxylic acids is 1. The third-order valence-corrected chi connectivity index (χ3v) is 6.77. The van der Waals surface area contributed by atoms with Gasteiger partial charge in [-0.1, -0.05) is 18.2 Å². The number of nitrogens with zero attached hydrogens (tertiary/aromatic N) is 5. The van der Waals surface area contributed by atoms with Gasteiger partial charge in [0.05, 0.1) is 23.7 Å². The maximum Gasteiger partial charge on any atom is 0.320 e. The summed E-state index contributed by atoms with van der Waals surface area (Å²) in [5.74, 6) is 0.663. The van der Waals surface area contributed by atoms with Crippen molar-refractivity contribution in [1.82, 2.24) is 29.9 Å². The highest BCUT2D eigenvalue weighted by molar-refractivity contribution is 5.91. The molecule has 2 aliphatic rings. The van der Waals surface area contributed by atoms with Crippen molar-refractivity contribution < 1.29 is 9.53 Å². The number of benzene rings is 1. The molecule has 2 N–H and O–H groups in total. The largest absolute Gasteiger partial charge is 0.383 e. The molecule has 2 aliphatic heterocycles. The zero-order chi connectivity index (χ0) is 24.4. The molecule has 1 atom stereocenters. The number of pyridine rings is 1. The first-order valence-corrected chi connectivity index (χ1v) is 12.1. The van der Waals surface area contributed by atoms with E-state index in [1.165, 1.54) is 5.56 Å². The fourth-order valence-corrected chi connectivity index (χ4v) is 4.93. The molecule has 3 aromatic rings. The van der Waals surface area contributed by atoms with E-state index in [-0.39, 0.29) is 12.1 Å². The molecule has 0 radical (unpaired) electrons. The molecule has 4 heterocycles. The number of carbonyl (C=O) groups is 1. The van der Waals surface area contributed by atoms with Crippen LogP contribution in [0, 0.1) is 6.92 Å². The van der Waals surface area contributed by atoms with Crippen LogP contribution in [0.25, 0.3) is 16.9 Å². The predicted molar refractivity (Wildman–Crippen MR) is 136 cm³/mol. The molecule has 1 unspecified atom stereocenters. The first-order chi connectivity index (χ1) is 17.0. The number of ether oxygens (including phenoxy) is 1. The van der Waals surface area contributed by atoms with Crippen molar-refractivity contribution in [3.63, 3.8) is 0 Å². The molecule has 0 spiro atoms. The molecule has 2 aromatic heterocycles. The van der Waals surface area contributed by atoms with E-state index < -0.39 is 0 Å². The van der Waals surface area contributed by atoms with E-state index in [9.17, 15) is 4.79 Å².